The number of nitrogens with zero attached hydrogens (tertiary/aromatic N) is 4. The lowest BCUT2D eigenvalue weighted by molar-refractivity contribution is 0.881. The van der Waals surface area contributed by atoms with Gasteiger partial charge in [-0.1, -0.05) is 24.3 Å². The van der Waals surface area contributed by atoms with Crippen LogP contribution in [0.3, 0.4) is 0 Å². The molecule has 0 aliphatic rings. The summed E-state index contributed by atoms with van der Waals surface area (Å²) in [6, 6.07) is 7.52. The number of fused-ring (bicyclic) bond motifs is 3. The Morgan fingerprint density at radius 2 is 2.21 bits per heavy atom. The van der Waals surface area contributed by atoms with Crippen LogP contribution in [-0.4, -0.2) is 19.8 Å². The van der Waals surface area contributed by atoms with Crippen LogP contribution in [0.5, 0.6) is 0 Å². The summed E-state index contributed by atoms with van der Waals surface area (Å²) in [6.07, 6.45) is 1.61. The number of rotatable bonds is 0. The monoisotopic (exact) mass is 187 g/mol. The van der Waals surface area contributed by atoms with E-state index in [0.717, 1.165) is 10.8 Å². The fourth-order valence-electron chi connectivity index (χ4n) is 1.49. The highest BCUT2D eigenvalue weighted by Gasteiger charge is 2.05. The van der Waals surface area contributed by atoms with Gasteiger partial charge in [-0.15, -0.1) is 10.2 Å². The summed E-state index contributed by atoms with van der Waals surface area (Å²) < 4.78 is 23.3. The normalized spacial score (nSPS) is 15.3. The number of benzene rings is 1. The Hall–Kier alpha value is -1.97. The van der Waals surface area contributed by atoms with Crippen molar-refractivity contribution >= 4 is 16.4 Å². The van der Waals surface area contributed by atoms with Crippen LogP contribution in [0.4, 0.5) is 0 Å². The van der Waals surface area contributed by atoms with Gasteiger partial charge in [0.05, 0.1) is 6.20 Å². The third kappa shape index (κ3) is 0.849. The third-order valence-corrected chi connectivity index (χ3v) is 2.15. The molecule has 3 rings (SSSR count). The molecule has 0 unspecified atom stereocenters. The van der Waals surface area contributed by atoms with E-state index in [1.807, 2.05) is 24.3 Å². The van der Waals surface area contributed by atoms with E-state index in [-0.39, 0.29) is 5.82 Å². The number of hydrogen-bond acceptors (Lipinski definition) is 3. The molecule has 3 aromatic rings. The van der Waals surface area contributed by atoms with Crippen LogP contribution in [-0.2, 0) is 0 Å². The van der Waals surface area contributed by atoms with E-state index in [0.29, 0.717) is 5.65 Å². The van der Waals surface area contributed by atoms with Crippen molar-refractivity contribution in [1.82, 2.24) is 19.8 Å². The Labute approximate surface area is 84.4 Å². The molecule has 0 aliphatic heterocycles. The van der Waals surface area contributed by atoms with E-state index in [2.05, 4.69) is 15.3 Å². The molecule has 0 bridgehead atoms. The Bertz CT molecular complexity index is 701. The molecule has 4 heteroatoms. The van der Waals surface area contributed by atoms with Crippen molar-refractivity contribution in [3.63, 3.8) is 0 Å². The Balaban J connectivity index is 2.43. The van der Waals surface area contributed by atoms with Gasteiger partial charge in [0.15, 0.2) is 11.5 Å². The molecule has 68 valence electrons. The Morgan fingerprint density at radius 3 is 3.14 bits per heavy atom. The summed E-state index contributed by atoms with van der Waals surface area (Å²) in [6.45, 7) is -2.31. The summed E-state index contributed by atoms with van der Waals surface area (Å²) in [7, 11) is 0. The molecule has 0 N–H and O–H groups in total. The highest BCUT2D eigenvalue weighted by atomic mass is 15.4. The Kier molecular flexibility index (Phi) is 0.904. The van der Waals surface area contributed by atoms with Gasteiger partial charge in [-0.2, -0.15) is 9.61 Å². The molecule has 0 saturated heterocycles. The molecule has 14 heavy (non-hydrogen) atoms. The van der Waals surface area contributed by atoms with Crippen LogP contribution < -0.4 is 0 Å². The van der Waals surface area contributed by atoms with Crippen LogP contribution >= 0.6 is 0 Å². The molecular formula is C10H8N4. The highest BCUT2D eigenvalue weighted by molar-refractivity contribution is 5.92. The van der Waals surface area contributed by atoms with Gasteiger partial charge in [0, 0.05) is 14.9 Å². The zero-order valence-corrected chi connectivity index (χ0v) is 7.18. The molecule has 4 nitrogen and oxygen atoms in total. The summed E-state index contributed by atoms with van der Waals surface area (Å²) in [5.74, 6) is -0.113. The first-order valence-corrected chi connectivity index (χ1v) is 4.17. The van der Waals surface area contributed by atoms with E-state index in [1.54, 1.807) is 6.20 Å². The van der Waals surface area contributed by atoms with Gasteiger partial charge in [0.1, 0.15) is 0 Å². The molecule has 0 amide bonds. The highest BCUT2D eigenvalue weighted by Crippen LogP contribution is 2.16. The summed E-state index contributed by atoms with van der Waals surface area (Å²) >= 11 is 0. The van der Waals surface area contributed by atoms with Crippen molar-refractivity contribution < 1.29 is 4.11 Å². The van der Waals surface area contributed by atoms with E-state index >= 15 is 0 Å². The van der Waals surface area contributed by atoms with E-state index in [4.69, 9.17) is 4.11 Å². The zero-order chi connectivity index (χ0) is 12.0. The SMILES string of the molecule is [2H]C([2H])([2H])c1nnc2c3ccccc3cnn12. The molecule has 0 aliphatic carbocycles. The summed E-state index contributed by atoms with van der Waals surface area (Å²) in [5.41, 5.74) is 0.467. The van der Waals surface area contributed by atoms with E-state index in [1.165, 1.54) is 4.52 Å². The molecular weight excluding hydrogens is 176 g/mol. The maximum atomic E-state index is 7.35. The van der Waals surface area contributed by atoms with Crippen molar-refractivity contribution in [2.45, 2.75) is 6.85 Å². The number of aryl methyl sites for hydroxylation is 1. The maximum Gasteiger partial charge on any atom is 0.185 e. The van der Waals surface area contributed by atoms with Gasteiger partial charge in [0.25, 0.3) is 0 Å². The van der Waals surface area contributed by atoms with Crippen LogP contribution in [0.25, 0.3) is 16.4 Å². The first-order valence-electron chi connectivity index (χ1n) is 5.67. The maximum absolute atomic E-state index is 7.35. The van der Waals surface area contributed by atoms with Crippen LogP contribution in [0.1, 0.15) is 9.94 Å². The van der Waals surface area contributed by atoms with Crippen molar-refractivity contribution in [3.05, 3.63) is 36.3 Å². The fraction of sp³-hybridized carbons (Fsp3) is 0.100. The second kappa shape index (κ2) is 2.51. The molecule has 2 aromatic heterocycles. The van der Waals surface area contributed by atoms with E-state index < -0.39 is 6.85 Å². The quantitative estimate of drug-likeness (QED) is 0.536. The molecule has 2 heterocycles. The largest absolute Gasteiger partial charge is 0.197 e. The minimum Gasteiger partial charge on any atom is -0.197 e. The van der Waals surface area contributed by atoms with Crippen molar-refractivity contribution in [2.75, 3.05) is 0 Å². The third-order valence-electron chi connectivity index (χ3n) is 2.15. The van der Waals surface area contributed by atoms with Gasteiger partial charge >= 0.3 is 0 Å². The fourth-order valence-corrected chi connectivity index (χ4v) is 1.49. The second-order valence-electron chi connectivity index (χ2n) is 2.99. The standard InChI is InChI=1S/C10H8N4/c1-7-12-13-10-9-5-3-2-4-8(9)6-11-14(7)10/h2-6H,1H3/i1D3. The Morgan fingerprint density at radius 1 is 1.29 bits per heavy atom. The lowest BCUT2D eigenvalue weighted by Gasteiger charge is -1.97. The van der Waals surface area contributed by atoms with Gasteiger partial charge in [0.2, 0.25) is 0 Å². The predicted molar refractivity (Wildman–Crippen MR) is 53.0 cm³/mol. The van der Waals surface area contributed by atoms with Gasteiger partial charge in [-0.3, -0.25) is 0 Å². The van der Waals surface area contributed by atoms with Crippen LogP contribution in [0.15, 0.2) is 30.5 Å². The second-order valence-corrected chi connectivity index (χ2v) is 2.99. The predicted octanol–water partition coefficient (Wildman–Crippen LogP) is 1.59. The minimum atomic E-state index is -2.31. The smallest absolute Gasteiger partial charge is 0.185 e. The van der Waals surface area contributed by atoms with E-state index in [9.17, 15) is 0 Å². The first kappa shape index (κ1) is 5.05. The minimum absolute atomic E-state index is 0.113. The van der Waals surface area contributed by atoms with Crippen molar-refractivity contribution in [1.29, 1.82) is 0 Å². The van der Waals surface area contributed by atoms with Gasteiger partial charge < -0.3 is 0 Å². The number of hydrogen-bond donors (Lipinski definition) is 0. The molecule has 0 fully saturated rings. The average Bonchev–Trinajstić information content (AvgIpc) is 2.72. The average molecular weight is 187 g/mol. The molecule has 1 aromatic carbocycles. The zero-order valence-electron chi connectivity index (χ0n) is 10.2. The van der Waals surface area contributed by atoms with Gasteiger partial charge in [-0.25, -0.2) is 0 Å². The lowest BCUT2D eigenvalue weighted by atomic mass is 10.2. The molecule has 0 radical (unpaired) electrons. The van der Waals surface area contributed by atoms with Crippen molar-refractivity contribution in [3.8, 4) is 0 Å². The molecule has 0 atom stereocenters. The van der Waals surface area contributed by atoms with Crippen LogP contribution in [0, 0.1) is 6.85 Å². The van der Waals surface area contributed by atoms with Crippen LogP contribution in [0.2, 0.25) is 0 Å². The van der Waals surface area contributed by atoms with Gasteiger partial charge in [-0.05, 0) is 6.85 Å². The lowest BCUT2D eigenvalue weighted by Crippen LogP contribution is -1.93. The summed E-state index contributed by atoms with van der Waals surface area (Å²) in [4.78, 5) is 0. The topological polar surface area (TPSA) is 43.1 Å². The molecule has 0 saturated carbocycles. The summed E-state index contributed by atoms with van der Waals surface area (Å²) in [5, 5.41) is 13.4. The first-order chi connectivity index (χ1) is 8.07. The number of aromatic nitrogens is 4. The molecule has 0 spiro atoms. The van der Waals surface area contributed by atoms with Crippen molar-refractivity contribution in [2.24, 2.45) is 0 Å².